The van der Waals surface area contributed by atoms with Crippen molar-refractivity contribution in [3.63, 3.8) is 0 Å². The van der Waals surface area contributed by atoms with E-state index in [1.165, 1.54) is 18.5 Å². The first-order valence-corrected chi connectivity index (χ1v) is 8.59. The van der Waals surface area contributed by atoms with Crippen LogP contribution in [0.25, 0.3) is 0 Å². The Balaban J connectivity index is 1.58. The van der Waals surface area contributed by atoms with E-state index in [9.17, 15) is 13.2 Å². The molecule has 1 aliphatic heterocycles. The third kappa shape index (κ3) is 4.50. The number of nitrogens with zero attached hydrogens (tertiary/aromatic N) is 6. The average Bonchev–Trinajstić information content (AvgIpc) is 3.07. The first kappa shape index (κ1) is 19.0. The maximum atomic E-state index is 12.9. The SMILES string of the molecule is CN=C(NCc1ncnn1C)N1CCN(c2cccc(C(F)(F)F)c2)CC1. The molecule has 2 aromatic rings. The molecule has 1 saturated heterocycles. The van der Waals surface area contributed by atoms with Crippen LogP contribution in [-0.2, 0) is 19.8 Å². The van der Waals surface area contributed by atoms with Gasteiger partial charge >= 0.3 is 6.18 Å². The van der Waals surface area contributed by atoms with Crippen molar-refractivity contribution in [3.8, 4) is 0 Å². The predicted octanol–water partition coefficient (Wildman–Crippen LogP) is 1.73. The van der Waals surface area contributed by atoms with E-state index >= 15 is 0 Å². The fourth-order valence-electron chi connectivity index (χ4n) is 3.03. The zero-order valence-corrected chi connectivity index (χ0v) is 15.2. The van der Waals surface area contributed by atoms with Crippen molar-refractivity contribution in [2.24, 2.45) is 12.0 Å². The molecule has 1 N–H and O–H groups in total. The lowest BCUT2D eigenvalue weighted by Crippen LogP contribution is -2.52. The average molecular weight is 381 g/mol. The van der Waals surface area contributed by atoms with Crippen molar-refractivity contribution >= 4 is 11.6 Å². The van der Waals surface area contributed by atoms with Gasteiger partial charge in [0.15, 0.2) is 5.96 Å². The van der Waals surface area contributed by atoms with Crippen molar-refractivity contribution in [2.75, 3.05) is 38.1 Å². The lowest BCUT2D eigenvalue weighted by Gasteiger charge is -2.37. The summed E-state index contributed by atoms with van der Waals surface area (Å²) in [6.07, 6.45) is -2.84. The maximum Gasteiger partial charge on any atom is 0.416 e. The van der Waals surface area contributed by atoms with E-state index in [-0.39, 0.29) is 0 Å². The van der Waals surface area contributed by atoms with E-state index in [1.54, 1.807) is 17.8 Å². The first-order valence-electron chi connectivity index (χ1n) is 8.59. The van der Waals surface area contributed by atoms with Crippen LogP contribution in [0.15, 0.2) is 35.6 Å². The molecule has 10 heteroatoms. The molecule has 27 heavy (non-hydrogen) atoms. The Bertz CT molecular complexity index is 792. The summed E-state index contributed by atoms with van der Waals surface area (Å²) in [6.45, 7) is 3.05. The molecule has 0 spiro atoms. The highest BCUT2D eigenvalue weighted by atomic mass is 19.4. The first-order chi connectivity index (χ1) is 12.9. The van der Waals surface area contributed by atoms with Crippen molar-refractivity contribution in [1.29, 1.82) is 0 Å². The summed E-state index contributed by atoms with van der Waals surface area (Å²) in [7, 11) is 3.53. The van der Waals surface area contributed by atoms with Crippen LogP contribution in [0.1, 0.15) is 11.4 Å². The highest BCUT2D eigenvalue weighted by Crippen LogP contribution is 2.31. The number of aromatic nitrogens is 3. The Hall–Kier alpha value is -2.78. The summed E-state index contributed by atoms with van der Waals surface area (Å²) in [4.78, 5) is 12.5. The molecule has 0 radical (unpaired) electrons. The van der Waals surface area contributed by atoms with Crippen molar-refractivity contribution in [1.82, 2.24) is 25.0 Å². The number of guanidine groups is 1. The number of benzene rings is 1. The molecule has 1 aliphatic rings. The molecule has 0 unspecified atom stereocenters. The summed E-state index contributed by atoms with van der Waals surface area (Å²) in [5.41, 5.74) is -0.0323. The van der Waals surface area contributed by atoms with Crippen LogP contribution in [0.5, 0.6) is 0 Å². The summed E-state index contributed by atoms with van der Waals surface area (Å²) in [5, 5.41) is 7.28. The molecule has 0 saturated carbocycles. The Kier molecular flexibility index (Phi) is 5.52. The van der Waals surface area contributed by atoms with Gasteiger partial charge in [0.1, 0.15) is 12.2 Å². The van der Waals surface area contributed by atoms with Gasteiger partial charge in [0.25, 0.3) is 0 Å². The van der Waals surface area contributed by atoms with Gasteiger partial charge in [-0.25, -0.2) is 4.98 Å². The Morgan fingerprint density at radius 1 is 1.22 bits per heavy atom. The summed E-state index contributed by atoms with van der Waals surface area (Å²) < 4.78 is 40.4. The molecule has 2 heterocycles. The molecule has 0 bridgehead atoms. The third-order valence-electron chi connectivity index (χ3n) is 4.54. The molecule has 1 aromatic heterocycles. The molecule has 3 rings (SSSR count). The van der Waals surface area contributed by atoms with Crippen LogP contribution < -0.4 is 10.2 Å². The van der Waals surface area contributed by atoms with Crippen molar-refractivity contribution in [2.45, 2.75) is 12.7 Å². The molecule has 1 aromatic carbocycles. The van der Waals surface area contributed by atoms with E-state index in [2.05, 4.69) is 25.3 Å². The lowest BCUT2D eigenvalue weighted by molar-refractivity contribution is -0.137. The van der Waals surface area contributed by atoms with Crippen LogP contribution in [0.3, 0.4) is 0 Å². The van der Waals surface area contributed by atoms with Gasteiger partial charge in [-0.1, -0.05) is 6.07 Å². The second-order valence-electron chi connectivity index (χ2n) is 6.22. The topological polar surface area (TPSA) is 61.6 Å². The number of hydrogen-bond acceptors (Lipinski definition) is 4. The van der Waals surface area contributed by atoms with Gasteiger partial charge in [-0.15, -0.1) is 0 Å². The number of halogens is 3. The minimum absolute atomic E-state index is 0.497. The number of nitrogens with one attached hydrogen (secondary N) is 1. The summed E-state index contributed by atoms with van der Waals surface area (Å²) in [5.74, 6) is 1.53. The number of rotatable bonds is 3. The van der Waals surface area contributed by atoms with E-state index in [0.29, 0.717) is 38.4 Å². The largest absolute Gasteiger partial charge is 0.416 e. The number of piperazine rings is 1. The Labute approximate surface area is 155 Å². The standard InChI is InChI=1S/C17H22F3N7/c1-21-16(22-11-15-23-12-24-25(15)2)27-8-6-26(7-9-27)14-5-3-4-13(10-14)17(18,19)20/h3-5,10,12H,6-9,11H2,1-2H3,(H,21,22). The van der Waals surface area contributed by atoms with E-state index in [1.807, 2.05) is 11.9 Å². The zero-order chi connectivity index (χ0) is 19.4. The van der Waals surface area contributed by atoms with Crippen LogP contribution in [-0.4, -0.2) is 58.9 Å². The van der Waals surface area contributed by atoms with Crippen LogP contribution in [0.4, 0.5) is 18.9 Å². The molecule has 0 amide bonds. The normalized spacial score (nSPS) is 16.0. The number of hydrogen-bond donors (Lipinski definition) is 1. The Morgan fingerprint density at radius 2 is 1.96 bits per heavy atom. The fraction of sp³-hybridized carbons (Fsp3) is 0.471. The second kappa shape index (κ2) is 7.85. The van der Waals surface area contributed by atoms with E-state index < -0.39 is 11.7 Å². The molecular weight excluding hydrogens is 359 g/mol. The van der Waals surface area contributed by atoms with Gasteiger partial charge in [0.05, 0.1) is 12.1 Å². The van der Waals surface area contributed by atoms with Crippen LogP contribution in [0.2, 0.25) is 0 Å². The Morgan fingerprint density at radius 3 is 2.56 bits per heavy atom. The van der Waals surface area contributed by atoms with Gasteiger partial charge in [0, 0.05) is 46.0 Å². The van der Waals surface area contributed by atoms with Gasteiger partial charge < -0.3 is 15.1 Å². The van der Waals surface area contributed by atoms with E-state index in [0.717, 1.165) is 17.9 Å². The minimum Gasteiger partial charge on any atom is -0.368 e. The molecule has 0 aliphatic carbocycles. The zero-order valence-electron chi connectivity index (χ0n) is 15.2. The number of aliphatic imine (C=N–C) groups is 1. The van der Waals surface area contributed by atoms with Gasteiger partial charge in [-0.05, 0) is 18.2 Å². The van der Waals surface area contributed by atoms with Crippen molar-refractivity contribution in [3.05, 3.63) is 42.0 Å². The van der Waals surface area contributed by atoms with Gasteiger partial charge in [-0.2, -0.15) is 18.3 Å². The number of aryl methyl sites for hydroxylation is 1. The molecule has 146 valence electrons. The smallest absolute Gasteiger partial charge is 0.368 e. The molecule has 1 fully saturated rings. The number of alkyl halides is 3. The number of anilines is 1. The lowest BCUT2D eigenvalue weighted by atomic mass is 10.1. The fourth-order valence-corrected chi connectivity index (χ4v) is 3.03. The maximum absolute atomic E-state index is 12.9. The molecule has 7 nitrogen and oxygen atoms in total. The van der Waals surface area contributed by atoms with Crippen LogP contribution in [0, 0.1) is 0 Å². The monoisotopic (exact) mass is 381 g/mol. The highest BCUT2D eigenvalue weighted by molar-refractivity contribution is 5.80. The summed E-state index contributed by atoms with van der Waals surface area (Å²) in [6, 6.07) is 5.47. The third-order valence-corrected chi connectivity index (χ3v) is 4.54. The summed E-state index contributed by atoms with van der Waals surface area (Å²) >= 11 is 0. The second-order valence-corrected chi connectivity index (χ2v) is 6.22. The molecular formula is C17H22F3N7. The highest BCUT2D eigenvalue weighted by Gasteiger charge is 2.31. The quantitative estimate of drug-likeness (QED) is 0.648. The minimum atomic E-state index is -4.33. The van der Waals surface area contributed by atoms with Gasteiger partial charge in [-0.3, -0.25) is 9.67 Å². The van der Waals surface area contributed by atoms with Gasteiger partial charge in [0.2, 0.25) is 0 Å². The molecule has 0 atom stereocenters. The van der Waals surface area contributed by atoms with E-state index in [4.69, 9.17) is 0 Å². The predicted molar refractivity (Wildman–Crippen MR) is 96.4 cm³/mol. The van der Waals surface area contributed by atoms with Crippen LogP contribution >= 0.6 is 0 Å². The van der Waals surface area contributed by atoms with Crippen molar-refractivity contribution < 1.29 is 13.2 Å².